The Morgan fingerprint density at radius 2 is 1.86 bits per heavy atom. The molecule has 0 unspecified atom stereocenters. The van der Waals surface area contributed by atoms with Crippen LogP contribution in [0.1, 0.15) is 17.7 Å². The SMILES string of the molecule is O=C(CS(=O)(=O)CCCc1ccccc1)NCc1ccco1. The minimum atomic E-state index is -3.38. The normalized spacial score (nSPS) is 11.3. The van der Waals surface area contributed by atoms with E-state index in [1.54, 1.807) is 12.1 Å². The fourth-order valence-corrected chi connectivity index (χ4v) is 3.29. The zero-order chi connectivity index (χ0) is 15.8. The predicted molar refractivity (Wildman–Crippen MR) is 84.0 cm³/mol. The van der Waals surface area contributed by atoms with Gasteiger partial charge in [-0.15, -0.1) is 0 Å². The average molecular weight is 321 g/mol. The van der Waals surface area contributed by atoms with Crippen molar-refractivity contribution in [2.75, 3.05) is 11.5 Å². The van der Waals surface area contributed by atoms with Crippen LogP contribution in [0.2, 0.25) is 0 Å². The number of carbonyl (C=O) groups is 1. The van der Waals surface area contributed by atoms with Crippen LogP contribution in [0.5, 0.6) is 0 Å². The van der Waals surface area contributed by atoms with E-state index in [1.165, 1.54) is 6.26 Å². The first kappa shape index (κ1) is 16.3. The van der Waals surface area contributed by atoms with Gasteiger partial charge in [0.25, 0.3) is 0 Å². The average Bonchev–Trinajstić information content (AvgIpc) is 2.99. The van der Waals surface area contributed by atoms with E-state index in [0.29, 0.717) is 18.6 Å². The molecular formula is C16H19NO4S. The minimum Gasteiger partial charge on any atom is -0.467 e. The summed E-state index contributed by atoms with van der Waals surface area (Å²) in [6.07, 6.45) is 2.70. The fourth-order valence-electron chi connectivity index (χ4n) is 2.06. The van der Waals surface area contributed by atoms with Gasteiger partial charge in [-0.2, -0.15) is 0 Å². The second-order valence-corrected chi connectivity index (χ2v) is 7.22. The van der Waals surface area contributed by atoms with E-state index in [2.05, 4.69) is 5.32 Å². The van der Waals surface area contributed by atoms with Gasteiger partial charge in [0, 0.05) is 0 Å². The number of nitrogens with one attached hydrogen (secondary N) is 1. The monoisotopic (exact) mass is 321 g/mol. The molecule has 1 heterocycles. The Morgan fingerprint density at radius 3 is 2.55 bits per heavy atom. The van der Waals surface area contributed by atoms with Crippen molar-refractivity contribution >= 4 is 15.7 Å². The van der Waals surface area contributed by atoms with Gasteiger partial charge in [0.15, 0.2) is 9.84 Å². The Kier molecular flexibility index (Phi) is 5.77. The molecular weight excluding hydrogens is 302 g/mol. The van der Waals surface area contributed by atoms with E-state index in [9.17, 15) is 13.2 Å². The molecule has 0 radical (unpaired) electrons. The highest BCUT2D eigenvalue weighted by Gasteiger charge is 2.16. The van der Waals surface area contributed by atoms with Crippen LogP contribution in [0.3, 0.4) is 0 Å². The topological polar surface area (TPSA) is 76.4 Å². The van der Waals surface area contributed by atoms with Crippen LogP contribution in [0.15, 0.2) is 53.1 Å². The summed E-state index contributed by atoms with van der Waals surface area (Å²) >= 11 is 0. The van der Waals surface area contributed by atoms with Crippen molar-refractivity contribution in [2.24, 2.45) is 0 Å². The van der Waals surface area contributed by atoms with Crippen molar-refractivity contribution in [1.29, 1.82) is 0 Å². The molecule has 0 saturated carbocycles. The van der Waals surface area contributed by atoms with Crippen LogP contribution in [-0.4, -0.2) is 25.8 Å². The lowest BCUT2D eigenvalue weighted by molar-refractivity contribution is -0.118. The Hall–Kier alpha value is -2.08. The molecule has 0 spiro atoms. The molecule has 1 N–H and O–H groups in total. The molecule has 2 aromatic rings. The van der Waals surface area contributed by atoms with E-state index < -0.39 is 21.5 Å². The van der Waals surface area contributed by atoms with Gasteiger partial charge in [-0.1, -0.05) is 30.3 Å². The summed E-state index contributed by atoms with van der Waals surface area (Å²) in [7, 11) is -3.38. The van der Waals surface area contributed by atoms with Crippen LogP contribution in [0.25, 0.3) is 0 Å². The van der Waals surface area contributed by atoms with E-state index in [0.717, 1.165) is 5.56 Å². The molecule has 2 rings (SSSR count). The van der Waals surface area contributed by atoms with E-state index in [-0.39, 0.29) is 12.3 Å². The summed E-state index contributed by atoms with van der Waals surface area (Å²) in [6, 6.07) is 13.1. The van der Waals surface area contributed by atoms with Crippen molar-refractivity contribution in [3.63, 3.8) is 0 Å². The van der Waals surface area contributed by atoms with E-state index in [4.69, 9.17) is 4.42 Å². The van der Waals surface area contributed by atoms with E-state index in [1.807, 2.05) is 30.3 Å². The molecule has 0 aliphatic heterocycles. The highest BCUT2D eigenvalue weighted by atomic mass is 32.2. The Labute approximate surface area is 130 Å². The highest BCUT2D eigenvalue weighted by molar-refractivity contribution is 7.92. The second kappa shape index (κ2) is 7.79. The first-order valence-electron chi connectivity index (χ1n) is 7.08. The molecule has 5 nitrogen and oxygen atoms in total. The zero-order valence-electron chi connectivity index (χ0n) is 12.2. The molecule has 0 fully saturated rings. The summed E-state index contributed by atoms with van der Waals surface area (Å²) in [4.78, 5) is 11.7. The Bertz CT molecular complexity index is 678. The van der Waals surface area contributed by atoms with Gasteiger partial charge >= 0.3 is 0 Å². The number of hydrogen-bond donors (Lipinski definition) is 1. The third-order valence-electron chi connectivity index (χ3n) is 3.15. The molecule has 0 atom stereocenters. The highest BCUT2D eigenvalue weighted by Crippen LogP contribution is 2.05. The molecule has 118 valence electrons. The molecule has 1 amide bonds. The maximum Gasteiger partial charge on any atom is 0.235 e. The number of furan rings is 1. The van der Waals surface area contributed by atoms with Crippen LogP contribution < -0.4 is 5.32 Å². The lowest BCUT2D eigenvalue weighted by Crippen LogP contribution is -2.30. The van der Waals surface area contributed by atoms with Crippen molar-refractivity contribution in [2.45, 2.75) is 19.4 Å². The number of benzene rings is 1. The first-order chi connectivity index (χ1) is 10.6. The number of sulfone groups is 1. The summed E-state index contributed by atoms with van der Waals surface area (Å²) in [5.74, 6) is -0.385. The molecule has 0 saturated heterocycles. The van der Waals surface area contributed by atoms with Crippen LogP contribution in [-0.2, 0) is 27.6 Å². The van der Waals surface area contributed by atoms with Crippen LogP contribution >= 0.6 is 0 Å². The first-order valence-corrected chi connectivity index (χ1v) is 8.91. The van der Waals surface area contributed by atoms with Crippen molar-refractivity contribution in [3.05, 3.63) is 60.1 Å². The summed E-state index contributed by atoms with van der Waals surface area (Å²) in [6.45, 7) is 0.200. The quantitative estimate of drug-likeness (QED) is 0.806. The molecule has 0 aliphatic rings. The summed E-state index contributed by atoms with van der Waals surface area (Å²) in [5.41, 5.74) is 1.10. The van der Waals surface area contributed by atoms with Gasteiger partial charge in [0.05, 0.1) is 18.6 Å². The molecule has 1 aromatic heterocycles. The Morgan fingerprint density at radius 1 is 1.09 bits per heavy atom. The number of aryl methyl sites for hydroxylation is 1. The second-order valence-electron chi connectivity index (χ2n) is 5.04. The van der Waals surface area contributed by atoms with Gasteiger partial charge in [-0.25, -0.2) is 8.42 Å². The summed E-state index contributed by atoms with van der Waals surface area (Å²) in [5, 5.41) is 2.54. The lowest BCUT2D eigenvalue weighted by Gasteiger charge is -2.05. The van der Waals surface area contributed by atoms with Crippen molar-refractivity contribution in [1.82, 2.24) is 5.32 Å². The smallest absolute Gasteiger partial charge is 0.235 e. The van der Waals surface area contributed by atoms with E-state index >= 15 is 0 Å². The predicted octanol–water partition coefficient (Wildman–Crippen LogP) is 1.94. The molecule has 1 aromatic carbocycles. The lowest BCUT2D eigenvalue weighted by atomic mass is 10.1. The van der Waals surface area contributed by atoms with Gasteiger partial charge in [-0.05, 0) is 30.5 Å². The summed E-state index contributed by atoms with van der Waals surface area (Å²) < 4.78 is 28.9. The fraction of sp³-hybridized carbons (Fsp3) is 0.312. The third-order valence-corrected chi connectivity index (χ3v) is 4.77. The van der Waals surface area contributed by atoms with Gasteiger partial charge in [-0.3, -0.25) is 4.79 Å². The van der Waals surface area contributed by atoms with Gasteiger partial charge in [0.2, 0.25) is 5.91 Å². The molecule has 6 heteroatoms. The van der Waals surface area contributed by atoms with Crippen molar-refractivity contribution < 1.29 is 17.6 Å². The standard InChI is InChI=1S/C16H19NO4S/c18-16(17-12-15-9-4-10-21-15)13-22(19,20)11-5-8-14-6-2-1-3-7-14/h1-4,6-7,9-10H,5,8,11-13H2,(H,17,18). The van der Waals surface area contributed by atoms with Gasteiger partial charge in [0.1, 0.15) is 11.5 Å². The molecule has 22 heavy (non-hydrogen) atoms. The maximum absolute atomic E-state index is 11.9. The van der Waals surface area contributed by atoms with Crippen LogP contribution in [0, 0.1) is 0 Å². The zero-order valence-corrected chi connectivity index (χ0v) is 13.0. The minimum absolute atomic E-state index is 0.00999. The number of amides is 1. The number of carbonyl (C=O) groups excluding carboxylic acids is 1. The molecule has 0 bridgehead atoms. The maximum atomic E-state index is 11.9. The number of hydrogen-bond acceptors (Lipinski definition) is 4. The van der Waals surface area contributed by atoms with Crippen molar-refractivity contribution in [3.8, 4) is 0 Å². The molecule has 0 aliphatic carbocycles. The van der Waals surface area contributed by atoms with Gasteiger partial charge < -0.3 is 9.73 Å². The Balaban J connectivity index is 1.72. The van der Waals surface area contributed by atoms with Crippen LogP contribution in [0.4, 0.5) is 0 Å². The number of rotatable bonds is 8. The third kappa shape index (κ3) is 5.73. The largest absolute Gasteiger partial charge is 0.467 e.